The maximum Gasteiger partial charge on any atom is 0.334 e. The summed E-state index contributed by atoms with van der Waals surface area (Å²) in [7, 11) is 0. The van der Waals surface area contributed by atoms with Crippen molar-refractivity contribution < 1.29 is 14.3 Å². The highest BCUT2D eigenvalue weighted by Gasteiger charge is 2.16. The highest BCUT2D eigenvalue weighted by atomic mass is 32.1. The number of hydrogen-bond acceptors (Lipinski definition) is 5. The van der Waals surface area contributed by atoms with Crippen molar-refractivity contribution in [2.24, 2.45) is 0 Å². The zero-order valence-electron chi connectivity index (χ0n) is 14.1. The quantitative estimate of drug-likeness (QED) is 0.714. The molecule has 0 spiro atoms. The molecule has 0 N–H and O–H groups in total. The topological polar surface area (TPSA) is 48.4 Å². The summed E-state index contributed by atoms with van der Waals surface area (Å²) in [6, 6.07) is 8.46. The van der Waals surface area contributed by atoms with Crippen molar-refractivity contribution in [3.63, 3.8) is 0 Å². The molecule has 1 heterocycles. The summed E-state index contributed by atoms with van der Waals surface area (Å²) in [4.78, 5) is 17.2. The Morgan fingerprint density at radius 3 is 2.57 bits per heavy atom. The van der Waals surface area contributed by atoms with Gasteiger partial charge in [0.1, 0.15) is 5.01 Å². The van der Waals surface area contributed by atoms with Crippen LogP contribution >= 0.6 is 11.3 Å². The van der Waals surface area contributed by atoms with E-state index >= 15 is 0 Å². The Bertz CT molecular complexity index is 649. The van der Waals surface area contributed by atoms with Crippen molar-refractivity contribution in [3.05, 3.63) is 40.4 Å². The maximum absolute atomic E-state index is 11.6. The summed E-state index contributed by atoms with van der Waals surface area (Å²) >= 11 is 1.60. The minimum Gasteiger partial charge on any atom is -0.464 e. The summed E-state index contributed by atoms with van der Waals surface area (Å²) in [5, 5.41) is 0.979. The van der Waals surface area contributed by atoms with Crippen molar-refractivity contribution in [2.45, 2.75) is 46.8 Å². The fourth-order valence-corrected chi connectivity index (χ4v) is 3.09. The molecule has 0 saturated heterocycles. The highest BCUT2D eigenvalue weighted by molar-refractivity contribution is 7.15. The first kappa shape index (κ1) is 17.6. The third-order valence-corrected chi connectivity index (χ3v) is 4.76. The minimum absolute atomic E-state index is 0.329. The Kier molecular flexibility index (Phi) is 6.30. The molecule has 1 aromatic heterocycles. The van der Waals surface area contributed by atoms with Gasteiger partial charge >= 0.3 is 5.97 Å². The number of hydrogen-bond donors (Lipinski definition) is 0. The van der Waals surface area contributed by atoms with E-state index in [4.69, 9.17) is 9.47 Å². The van der Waals surface area contributed by atoms with Crippen molar-refractivity contribution >= 4 is 17.3 Å². The summed E-state index contributed by atoms with van der Waals surface area (Å²) in [5.74, 6) is -0.329. The lowest BCUT2D eigenvalue weighted by molar-refractivity contribution is -0.156. The number of ether oxygens (including phenoxy) is 2. The number of benzene rings is 1. The van der Waals surface area contributed by atoms with Crippen molar-refractivity contribution in [3.8, 4) is 10.6 Å². The first-order valence-corrected chi connectivity index (χ1v) is 8.70. The lowest BCUT2D eigenvalue weighted by Crippen LogP contribution is -2.23. The van der Waals surface area contributed by atoms with Gasteiger partial charge in [-0.1, -0.05) is 31.2 Å². The molecular formula is C18H23NO3S. The average molecular weight is 333 g/mol. The molecule has 1 atom stereocenters. The Balaban J connectivity index is 2.04. The van der Waals surface area contributed by atoms with Gasteiger partial charge in [0.2, 0.25) is 0 Å². The van der Waals surface area contributed by atoms with E-state index in [-0.39, 0.29) is 5.97 Å². The van der Waals surface area contributed by atoms with E-state index in [9.17, 15) is 4.79 Å². The van der Waals surface area contributed by atoms with Crippen molar-refractivity contribution in [1.82, 2.24) is 4.98 Å². The first-order chi connectivity index (χ1) is 11.0. The Morgan fingerprint density at radius 2 is 1.96 bits per heavy atom. The summed E-state index contributed by atoms with van der Waals surface area (Å²) in [6.07, 6.45) is 0.464. The van der Waals surface area contributed by atoms with Gasteiger partial charge < -0.3 is 9.47 Å². The number of rotatable bonds is 7. The van der Waals surface area contributed by atoms with Gasteiger partial charge in [-0.25, -0.2) is 9.78 Å². The molecule has 1 unspecified atom stereocenters. The molecule has 124 valence electrons. The Hall–Kier alpha value is -1.72. The summed E-state index contributed by atoms with van der Waals surface area (Å²) < 4.78 is 10.5. The van der Waals surface area contributed by atoms with E-state index < -0.39 is 6.10 Å². The number of aryl methyl sites for hydroxylation is 2. The predicted molar refractivity (Wildman–Crippen MR) is 92.5 cm³/mol. The second kappa shape index (κ2) is 8.22. The van der Waals surface area contributed by atoms with Gasteiger partial charge in [-0.2, -0.15) is 0 Å². The monoisotopic (exact) mass is 333 g/mol. The standard InChI is InChI=1S/C18H23NO3S/c1-5-14-7-9-15(10-8-14)17-19-12(3)16(23-17)11-22-13(4)18(20)21-6-2/h7-10,13H,5-6,11H2,1-4H3. The Morgan fingerprint density at radius 1 is 1.26 bits per heavy atom. The second-order valence-corrected chi connectivity index (χ2v) is 6.37. The molecule has 2 aromatic rings. The van der Waals surface area contributed by atoms with Crippen LogP contribution in [0.15, 0.2) is 24.3 Å². The van der Waals surface area contributed by atoms with Crippen LogP contribution in [0.3, 0.4) is 0 Å². The van der Waals surface area contributed by atoms with Gasteiger partial charge in [0.05, 0.1) is 23.8 Å². The third kappa shape index (κ3) is 4.62. The van der Waals surface area contributed by atoms with Gasteiger partial charge in [0.25, 0.3) is 0 Å². The number of thiazole rings is 1. The molecule has 0 radical (unpaired) electrons. The van der Waals surface area contributed by atoms with Gasteiger partial charge in [0, 0.05) is 5.56 Å². The maximum atomic E-state index is 11.6. The van der Waals surface area contributed by atoms with E-state index in [1.54, 1.807) is 25.2 Å². The molecule has 4 nitrogen and oxygen atoms in total. The number of aromatic nitrogens is 1. The molecule has 0 amide bonds. The average Bonchev–Trinajstić information content (AvgIpc) is 2.94. The number of carbonyl (C=O) groups excluding carboxylic acids is 1. The van der Waals surface area contributed by atoms with Gasteiger partial charge in [0.15, 0.2) is 6.10 Å². The fraction of sp³-hybridized carbons (Fsp3) is 0.444. The summed E-state index contributed by atoms with van der Waals surface area (Å²) in [6.45, 7) is 8.34. The second-order valence-electron chi connectivity index (χ2n) is 5.28. The number of carbonyl (C=O) groups is 1. The number of esters is 1. The third-order valence-electron chi connectivity index (χ3n) is 3.58. The molecule has 5 heteroatoms. The number of nitrogens with zero attached hydrogens (tertiary/aromatic N) is 1. The molecule has 0 saturated carbocycles. The molecule has 0 aliphatic rings. The van der Waals surface area contributed by atoms with Gasteiger partial charge in [-0.15, -0.1) is 11.3 Å². The fourth-order valence-electron chi connectivity index (χ4n) is 2.10. The van der Waals surface area contributed by atoms with Crippen LogP contribution in [0.4, 0.5) is 0 Å². The lowest BCUT2D eigenvalue weighted by atomic mass is 10.1. The molecule has 0 aliphatic heterocycles. The normalized spacial score (nSPS) is 12.2. The van der Waals surface area contributed by atoms with Crippen molar-refractivity contribution in [2.75, 3.05) is 6.61 Å². The molecular weight excluding hydrogens is 310 g/mol. The molecule has 0 bridgehead atoms. The van der Waals surface area contributed by atoms with E-state index in [1.165, 1.54) is 5.56 Å². The predicted octanol–water partition coefficient (Wildman–Crippen LogP) is 4.15. The van der Waals surface area contributed by atoms with Gasteiger partial charge in [-0.05, 0) is 32.8 Å². The smallest absolute Gasteiger partial charge is 0.334 e. The first-order valence-electron chi connectivity index (χ1n) is 7.89. The van der Waals surface area contributed by atoms with Crippen LogP contribution in [0.1, 0.15) is 36.9 Å². The SMILES string of the molecule is CCOC(=O)C(C)OCc1sc(-c2ccc(CC)cc2)nc1C. The van der Waals surface area contributed by atoms with Gasteiger partial charge in [-0.3, -0.25) is 0 Å². The molecule has 2 rings (SSSR count). The van der Waals surface area contributed by atoms with Crippen LogP contribution in [-0.2, 0) is 27.3 Å². The van der Waals surface area contributed by atoms with Crippen LogP contribution in [0.2, 0.25) is 0 Å². The van der Waals surface area contributed by atoms with Crippen LogP contribution in [0.25, 0.3) is 10.6 Å². The van der Waals surface area contributed by atoms with Crippen LogP contribution < -0.4 is 0 Å². The summed E-state index contributed by atoms with van der Waals surface area (Å²) in [5.41, 5.74) is 3.37. The zero-order chi connectivity index (χ0) is 16.8. The molecule has 1 aromatic carbocycles. The Labute approximate surface area is 141 Å². The molecule has 23 heavy (non-hydrogen) atoms. The van der Waals surface area contributed by atoms with Crippen LogP contribution in [-0.4, -0.2) is 23.7 Å². The zero-order valence-corrected chi connectivity index (χ0v) is 14.9. The lowest BCUT2D eigenvalue weighted by Gasteiger charge is -2.10. The van der Waals surface area contributed by atoms with E-state index in [2.05, 4.69) is 36.2 Å². The van der Waals surface area contributed by atoms with E-state index in [0.29, 0.717) is 13.2 Å². The molecule has 0 aliphatic carbocycles. The molecule has 0 fully saturated rings. The highest BCUT2D eigenvalue weighted by Crippen LogP contribution is 2.29. The van der Waals surface area contributed by atoms with Crippen LogP contribution in [0, 0.1) is 6.92 Å². The van der Waals surface area contributed by atoms with E-state index in [0.717, 1.165) is 27.6 Å². The minimum atomic E-state index is -0.566. The largest absolute Gasteiger partial charge is 0.464 e. The van der Waals surface area contributed by atoms with Crippen LogP contribution in [0.5, 0.6) is 0 Å². The van der Waals surface area contributed by atoms with E-state index in [1.807, 2.05) is 6.92 Å². The van der Waals surface area contributed by atoms with Crippen molar-refractivity contribution in [1.29, 1.82) is 0 Å².